The van der Waals surface area contributed by atoms with Gasteiger partial charge >= 0.3 is 0 Å². The van der Waals surface area contributed by atoms with Gasteiger partial charge in [-0.1, -0.05) is 36.4 Å². The zero-order chi connectivity index (χ0) is 15.0. The summed E-state index contributed by atoms with van der Waals surface area (Å²) in [5.41, 5.74) is 2.26. The van der Waals surface area contributed by atoms with Crippen LogP contribution in [0.5, 0.6) is 0 Å². The topological polar surface area (TPSA) is 66.4 Å². The highest BCUT2D eigenvalue weighted by Crippen LogP contribution is 2.32. The Labute approximate surface area is 122 Å². The number of rotatable bonds is 3. The van der Waals surface area contributed by atoms with Crippen molar-refractivity contribution in [3.8, 4) is 0 Å². The summed E-state index contributed by atoms with van der Waals surface area (Å²) in [6, 6.07) is 11.8. The van der Waals surface area contributed by atoms with Gasteiger partial charge in [-0.15, -0.1) is 0 Å². The third-order valence-corrected chi connectivity index (χ3v) is 3.63. The fraction of sp³-hybridized carbons (Fsp3) is 0.176. The van der Waals surface area contributed by atoms with Crippen molar-refractivity contribution >= 4 is 17.3 Å². The van der Waals surface area contributed by atoms with E-state index >= 15 is 0 Å². The molecular weight excluding hydrogens is 266 g/mol. The Bertz CT molecular complexity index is 737. The lowest BCUT2D eigenvalue weighted by atomic mass is 9.83. The van der Waals surface area contributed by atoms with E-state index in [0.29, 0.717) is 27.9 Å². The first kappa shape index (κ1) is 13.5. The molecule has 21 heavy (non-hydrogen) atoms. The fourth-order valence-electron chi connectivity index (χ4n) is 2.58. The molecule has 0 bridgehead atoms. The lowest BCUT2D eigenvalue weighted by Crippen LogP contribution is -2.25. The van der Waals surface area contributed by atoms with E-state index in [-0.39, 0.29) is 24.2 Å². The van der Waals surface area contributed by atoms with E-state index in [1.165, 1.54) is 0 Å². The molecule has 0 heterocycles. The second-order valence-electron chi connectivity index (χ2n) is 5.16. The number of aliphatic hydroxyl groups excluding tert-OH is 1. The number of ketones is 2. The Morgan fingerprint density at radius 2 is 1.57 bits per heavy atom. The monoisotopic (exact) mass is 281 g/mol. The molecule has 0 aromatic heterocycles. The van der Waals surface area contributed by atoms with E-state index in [0.717, 1.165) is 0 Å². The average molecular weight is 281 g/mol. The molecule has 0 fully saturated rings. The van der Waals surface area contributed by atoms with E-state index in [2.05, 4.69) is 5.32 Å². The number of hydrogen-bond donors (Lipinski definition) is 2. The summed E-state index contributed by atoms with van der Waals surface area (Å²) in [5, 5.41) is 12.2. The van der Waals surface area contributed by atoms with Crippen molar-refractivity contribution in [3.63, 3.8) is 0 Å². The van der Waals surface area contributed by atoms with Crippen molar-refractivity contribution in [2.45, 2.75) is 13.0 Å². The van der Waals surface area contributed by atoms with Crippen LogP contribution in [0.1, 0.15) is 38.8 Å². The summed E-state index contributed by atoms with van der Waals surface area (Å²) in [4.78, 5) is 25.2. The molecule has 0 aliphatic heterocycles. The molecular formula is C17H15NO3. The molecule has 0 amide bonds. The Kier molecular flexibility index (Phi) is 3.31. The summed E-state index contributed by atoms with van der Waals surface area (Å²) in [6.07, 6.45) is 0. The van der Waals surface area contributed by atoms with Gasteiger partial charge in [0, 0.05) is 28.4 Å². The van der Waals surface area contributed by atoms with Crippen LogP contribution in [-0.2, 0) is 0 Å². The highest BCUT2D eigenvalue weighted by molar-refractivity contribution is 6.30. The van der Waals surface area contributed by atoms with Gasteiger partial charge in [-0.05, 0) is 13.0 Å². The van der Waals surface area contributed by atoms with Gasteiger partial charge in [-0.3, -0.25) is 9.59 Å². The van der Waals surface area contributed by atoms with E-state index in [4.69, 9.17) is 5.11 Å². The number of benzene rings is 2. The lowest BCUT2D eigenvalue weighted by molar-refractivity contribution is 0.0979. The lowest BCUT2D eigenvalue weighted by Gasteiger charge is -2.22. The van der Waals surface area contributed by atoms with Crippen molar-refractivity contribution < 1.29 is 14.7 Å². The molecule has 2 aromatic rings. The van der Waals surface area contributed by atoms with Crippen LogP contribution in [0.15, 0.2) is 42.5 Å². The van der Waals surface area contributed by atoms with Crippen LogP contribution in [0.3, 0.4) is 0 Å². The second kappa shape index (κ2) is 5.14. The predicted molar refractivity (Wildman–Crippen MR) is 79.9 cm³/mol. The molecule has 2 N–H and O–H groups in total. The Balaban J connectivity index is 2.16. The van der Waals surface area contributed by atoms with Crippen LogP contribution >= 0.6 is 0 Å². The molecule has 3 rings (SSSR count). The number of anilines is 1. The molecule has 4 heteroatoms. The number of aliphatic hydroxyl groups is 1. The molecule has 0 radical (unpaired) electrons. The molecule has 0 unspecified atom stereocenters. The summed E-state index contributed by atoms with van der Waals surface area (Å²) < 4.78 is 0. The van der Waals surface area contributed by atoms with Gasteiger partial charge < -0.3 is 10.4 Å². The van der Waals surface area contributed by atoms with Gasteiger partial charge in [0.2, 0.25) is 0 Å². The van der Waals surface area contributed by atoms with Crippen molar-refractivity contribution in [1.82, 2.24) is 0 Å². The Morgan fingerprint density at radius 3 is 2.24 bits per heavy atom. The van der Waals surface area contributed by atoms with Gasteiger partial charge in [0.15, 0.2) is 11.6 Å². The SMILES string of the molecule is C[C@@H](CO)Nc1cccc2c1C(=O)c1ccccc1C2=O. The van der Waals surface area contributed by atoms with E-state index in [1.54, 1.807) is 42.5 Å². The average Bonchev–Trinajstić information content (AvgIpc) is 2.52. The maximum absolute atomic E-state index is 12.7. The number of carbonyl (C=O) groups is 2. The molecule has 106 valence electrons. The third-order valence-electron chi connectivity index (χ3n) is 3.63. The Hall–Kier alpha value is -2.46. The molecule has 0 saturated heterocycles. The Morgan fingerprint density at radius 1 is 0.952 bits per heavy atom. The number of fused-ring (bicyclic) bond motifs is 2. The first-order valence-corrected chi connectivity index (χ1v) is 6.82. The quantitative estimate of drug-likeness (QED) is 0.772. The maximum Gasteiger partial charge on any atom is 0.196 e. The highest BCUT2D eigenvalue weighted by atomic mass is 16.3. The van der Waals surface area contributed by atoms with Crippen LogP contribution in [0.25, 0.3) is 0 Å². The van der Waals surface area contributed by atoms with Gasteiger partial charge in [-0.2, -0.15) is 0 Å². The minimum atomic E-state index is -0.198. The zero-order valence-corrected chi connectivity index (χ0v) is 11.6. The number of carbonyl (C=O) groups excluding carboxylic acids is 2. The fourth-order valence-corrected chi connectivity index (χ4v) is 2.58. The zero-order valence-electron chi connectivity index (χ0n) is 11.6. The number of nitrogens with one attached hydrogen (secondary N) is 1. The molecule has 0 spiro atoms. The molecule has 4 nitrogen and oxygen atoms in total. The van der Waals surface area contributed by atoms with Crippen LogP contribution < -0.4 is 5.32 Å². The maximum atomic E-state index is 12.7. The van der Waals surface area contributed by atoms with Crippen molar-refractivity contribution in [2.75, 3.05) is 11.9 Å². The van der Waals surface area contributed by atoms with Crippen LogP contribution in [0, 0.1) is 0 Å². The van der Waals surface area contributed by atoms with Crippen LogP contribution in [0.2, 0.25) is 0 Å². The predicted octanol–water partition coefficient (Wildman–Crippen LogP) is 2.25. The summed E-state index contributed by atoms with van der Waals surface area (Å²) in [6.45, 7) is 1.75. The number of hydrogen-bond acceptors (Lipinski definition) is 4. The summed E-state index contributed by atoms with van der Waals surface area (Å²) >= 11 is 0. The largest absolute Gasteiger partial charge is 0.394 e. The van der Waals surface area contributed by atoms with Crippen molar-refractivity contribution in [1.29, 1.82) is 0 Å². The molecule has 1 atom stereocenters. The normalized spacial score (nSPS) is 14.4. The van der Waals surface area contributed by atoms with E-state index < -0.39 is 0 Å². The minimum absolute atomic E-state index is 0.0532. The van der Waals surface area contributed by atoms with E-state index in [9.17, 15) is 9.59 Å². The van der Waals surface area contributed by atoms with Gasteiger partial charge in [0.25, 0.3) is 0 Å². The van der Waals surface area contributed by atoms with Gasteiger partial charge in [-0.25, -0.2) is 0 Å². The van der Waals surface area contributed by atoms with Crippen molar-refractivity contribution in [2.24, 2.45) is 0 Å². The van der Waals surface area contributed by atoms with Gasteiger partial charge in [0.1, 0.15) is 0 Å². The van der Waals surface area contributed by atoms with Crippen LogP contribution in [0.4, 0.5) is 5.69 Å². The first-order chi connectivity index (χ1) is 10.1. The first-order valence-electron chi connectivity index (χ1n) is 6.82. The van der Waals surface area contributed by atoms with Crippen LogP contribution in [-0.4, -0.2) is 29.3 Å². The second-order valence-corrected chi connectivity index (χ2v) is 5.16. The van der Waals surface area contributed by atoms with Crippen molar-refractivity contribution in [3.05, 3.63) is 64.7 Å². The standard InChI is InChI=1S/C17H15NO3/c1-10(9-19)18-14-8-4-7-13-15(14)17(21)12-6-3-2-5-11(12)16(13)20/h2-8,10,18-19H,9H2,1H3/t10-/m0/s1. The smallest absolute Gasteiger partial charge is 0.196 e. The summed E-state index contributed by atoms with van der Waals surface area (Å²) in [5.74, 6) is -0.297. The summed E-state index contributed by atoms with van der Waals surface area (Å²) in [7, 11) is 0. The van der Waals surface area contributed by atoms with E-state index in [1.807, 2.05) is 6.92 Å². The highest BCUT2D eigenvalue weighted by Gasteiger charge is 2.31. The molecule has 0 saturated carbocycles. The van der Waals surface area contributed by atoms with Gasteiger partial charge in [0.05, 0.1) is 12.2 Å². The molecule has 1 aliphatic rings. The third kappa shape index (κ3) is 2.14. The molecule has 2 aromatic carbocycles. The minimum Gasteiger partial charge on any atom is -0.394 e. The molecule has 1 aliphatic carbocycles.